The van der Waals surface area contributed by atoms with E-state index in [1.165, 1.54) is 16.8 Å². The van der Waals surface area contributed by atoms with E-state index in [9.17, 15) is 14.7 Å². The minimum absolute atomic E-state index is 0.103. The van der Waals surface area contributed by atoms with Gasteiger partial charge in [-0.2, -0.15) is 4.98 Å². The largest absolute Gasteiger partial charge is 0.459 e. The molecule has 2 aromatic rings. The summed E-state index contributed by atoms with van der Waals surface area (Å²) in [6.07, 6.45) is -1.53. The second kappa shape index (κ2) is 5.73. The zero-order valence-corrected chi connectivity index (χ0v) is 12.4. The number of aliphatic hydroxyl groups is 1. The first-order valence-corrected chi connectivity index (χ1v) is 7.45. The van der Waals surface area contributed by atoms with Crippen molar-refractivity contribution in [2.45, 2.75) is 24.5 Å². The molecule has 0 aliphatic carbocycles. The lowest BCUT2D eigenvalue weighted by Gasteiger charge is -2.17. The number of esters is 1. The molecular weight excluding hydrogens is 316 g/mol. The van der Waals surface area contributed by atoms with E-state index in [1.807, 2.05) is 0 Å². The first kappa shape index (κ1) is 14.9. The molecule has 124 valence electrons. The molecule has 0 saturated carbocycles. The number of hydrogen-bond donors (Lipinski definition) is 1. The standard InChI is InChI=1S/C16H14N2O6/c19-11-6-7-18-14-13(24-16(18)17-11)12(20)10(23-14)8-22-15(21)9-4-2-1-3-5-9/h1-7,10,12-14,20H,8H2/t10-,12-,13-,14-/m1/s1. The molecule has 0 unspecified atom stereocenters. The normalized spacial score (nSPS) is 27.2. The SMILES string of the molecule is O=C(OC[C@H]1O[C@@H]2[C@H](Oc3nc(=O)ccn32)[C@@H]1O)c1ccccc1. The Morgan fingerprint density at radius 1 is 1.29 bits per heavy atom. The van der Waals surface area contributed by atoms with Gasteiger partial charge in [-0.05, 0) is 12.1 Å². The van der Waals surface area contributed by atoms with Gasteiger partial charge in [0.15, 0.2) is 12.3 Å². The van der Waals surface area contributed by atoms with E-state index >= 15 is 0 Å². The van der Waals surface area contributed by atoms with Crippen LogP contribution in [0.4, 0.5) is 0 Å². The molecule has 0 radical (unpaired) electrons. The molecule has 4 rings (SSSR count). The predicted octanol–water partition coefficient (Wildman–Crippen LogP) is 0.120. The number of hydrogen-bond acceptors (Lipinski definition) is 7. The number of rotatable bonds is 3. The van der Waals surface area contributed by atoms with E-state index in [0.717, 1.165) is 0 Å². The van der Waals surface area contributed by atoms with Gasteiger partial charge in [-0.3, -0.25) is 9.36 Å². The Kier molecular flexibility index (Phi) is 3.55. The van der Waals surface area contributed by atoms with Gasteiger partial charge in [-0.1, -0.05) is 18.2 Å². The van der Waals surface area contributed by atoms with Crippen molar-refractivity contribution in [3.63, 3.8) is 0 Å². The third-order valence-electron chi connectivity index (χ3n) is 4.02. The molecule has 0 bridgehead atoms. The molecule has 2 aliphatic rings. The summed E-state index contributed by atoms with van der Waals surface area (Å²) in [6, 6.07) is 9.95. The van der Waals surface area contributed by atoms with E-state index in [1.54, 1.807) is 30.3 Å². The molecule has 24 heavy (non-hydrogen) atoms. The monoisotopic (exact) mass is 330 g/mol. The number of aromatic nitrogens is 2. The zero-order valence-electron chi connectivity index (χ0n) is 12.4. The van der Waals surface area contributed by atoms with Gasteiger partial charge in [-0.25, -0.2) is 4.79 Å². The highest BCUT2D eigenvalue weighted by Gasteiger charge is 2.51. The van der Waals surface area contributed by atoms with Gasteiger partial charge in [0.1, 0.15) is 18.8 Å². The summed E-state index contributed by atoms with van der Waals surface area (Å²) in [7, 11) is 0. The highest BCUT2D eigenvalue weighted by atomic mass is 16.6. The average Bonchev–Trinajstić information content (AvgIpc) is 3.09. The summed E-state index contributed by atoms with van der Waals surface area (Å²) in [5.41, 5.74) is -0.00242. The second-order valence-electron chi connectivity index (χ2n) is 5.56. The average molecular weight is 330 g/mol. The molecule has 1 aromatic heterocycles. The van der Waals surface area contributed by atoms with E-state index < -0.39 is 36.1 Å². The molecule has 8 heteroatoms. The van der Waals surface area contributed by atoms with Crippen molar-refractivity contribution in [3.05, 3.63) is 58.5 Å². The molecule has 0 amide bonds. The maximum Gasteiger partial charge on any atom is 0.338 e. The zero-order chi connectivity index (χ0) is 16.7. The lowest BCUT2D eigenvalue weighted by Crippen LogP contribution is -2.36. The summed E-state index contributed by atoms with van der Waals surface area (Å²) in [6.45, 7) is -0.103. The maximum absolute atomic E-state index is 11.9. The smallest absolute Gasteiger partial charge is 0.338 e. The number of ether oxygens (including phenoxy) is 3. The Bertz CT molecular complexity index is 821. The lowest BCUT2D eigenvalue weighted by atomic mass is 10.1. The van der Waals surface area contributed by atoms with Crippen LogP contribution in [0.5, 0.6) is 6.01 Å². The van der Waals surface area contributed by atoms with Gasteiger partial charge in [0, 0.05) is 12.3 Å². The minimum atomic E-state index is -1.00. The van der Waals surface area contributed by atoms with E-state index in [-0.39, 0.29) is 12.6 Å². The van der Waals surface area contributed by atoms with E-state index in [0.29, 0.717) is 5.56 Å². The van der Waals surface area contributed by atoms with E-state index in [2.05, 4.69) is 4.98 Å². The van der Waals surface area contributed by atoms with Crippen LogP contribution in [0.1, 0.15) is 16.6 Å². The van der Waals surface area contributed by atoms with Crippen molar-refractivity contribution in [1.29, 1.82) is 0 Å². The van der Waals surface area contributed by atoms with Gasteiger partial charge >= 0.3 is 12.0 Å². The van der Waals surface area contributed by atoms with Crippen molar-refractivity contribution < 1.29 is 24.1 Å². The molecule has 1 aromatic carbocycles. The van der Waals surface area contributed by atoms with Crippen LogP contribution in [0, 0.1) is 0 Å². The summed E-state index contributed by atoms with van der Waals surface area (Å²) < 4.78 is 17.9. The van der Waals surface area contributed by atoms with E-state index in [4.69, 9.17) is 14.2 Å². The van der Waals surface area contributed by atoms with Crippen LogP contribution in [-0.2, 0) is 9.47 Å². The van der Waals surface area contributed by atoms with Gasteiger partial charge in [0.25, 0.3) is 5.56 Å². The second-order valence-corrected chi connectivity index (χ2v) is 5.56. The first-order chi connectivity index (χ1) is 11.6. The summed E-state index contributed by atoms with van der Waals surface area (Å²) in [4.78, 5) is 26.9. The summed E-state index contributed by atoms with van der Waals surface area (Å²) >= 11 is 0. The number of fused-ring (bicyclic) bond motifs is 3. The van der Waals surface area contributed by atoms with Gasteiger partial charge in [-0.15, -0.1) is 0 Å². The number of carbonyl (C=O) groups excluding carboxylic acids is 1. The third-order valence-corrected chi connectivity index (χ3v) is 4.02. The van der Waals surface area contributed by atoms with Crippen LogP contribution >= 0.6 is 0 Å². The molecule has 4 atom stereocenters. The fourth-order valence-corrected chi connectivity index (χ4v) is 2.82. The van der Waals surface area contributed by atoms with Crippen molar-refractivity contribution >= 4 is 5.97 Å². The number of benzene rings is 1. The third kappa shape index (κ3) is 2.45. The quantitative estimate of drug-likeness (QED) is 0.798. The van der Waals surface area contributed by atoms with Crippen LogP contribution in [-0.4, -0.2) is 45.5 Å². The lowest BCUT2D eigenvalue weighted by molar-refractivity contribution is -0.0512. The Balaban J connectivity index is 1.43. The maximum atomic E-state index is 11.9. The van der Waals surface area contributed by atoms with Gasteiger partial charge < -0.3 is 19.3 Å². The minimum Gasteiger partial charge on any atom is -0.459 e. The molecule has 1 saturated heterocycles. The highest BCUT2D eigenvalue weighted by Crippen LogP contribution is 2.38. The van der Waals surface area contributed by atoms with Crippen molar-refractivity contribution in [2.75, 3.05) is 6.61 Å². The molecule has 8 nitrogen and oxygen atoms in total. The van der Waals surface area contributed by atoms with Gasteiger partial charge in [0.2, 0.25) is 0 Å². The first-order valence-electron chi connectivity index (χ1n) is 7.45. The summed E-state index contributed by atoms with van der Waals surface area (Å²) in [5, 5.41) is 10.3. The Hall–Kier alpha value is -2.71. The molecular formula is C16H14N2O6. The Morgan fingerprint density at radius 3 is 2.88 bits per heavy atom. The molecule has 1 fully saturated rings. The van der Waals surface area contributed by atoms with Crippen molar-refractivity contribution in [3.8, 4) is 6.01 Å². The van der Waals surface area contributed by atoms with Crippen LogP contribution in [0.25, 0.3) is 0 Å². The molecule has 2 aliphatic heterocycles. The summed E-state index contributed by atoms with van der Waals surface area (Å²) in [5.74, 6) is -0.491. The fourth-order valence-electron chi connectivity index (χ4n) is 2.82. The molecule has 1 N–H and O–H groups in total. The fraction of sp³-hybridized carbons (Fsp3) is 0.312. The van der Waals surface area contributed by atoms with Crippen LogP contribution in [0.15, 0.2) is 47.4 Å². The van der Waals surface area contributed by atoms with Crippen LogP contribution in [0.3, 0.4) is 0 Å². The van der Waals surface area contributed by atoms with Crippen LogP contribution < -0.4 is 10.3 Å². The highest BCUT2D eigenvalue weighted by molar-refractivity contribution is 5.89. The number of aliphatic hydroxyl groups excluding tert-OH is 1. The Morgan fingerprint density at radius 2 is 2.08 bits per heavy atom. The Labute approximate surface area is 136 Å². The predicted molar refractivity (Wildman–Crippen MR) is 79.6 cm³/mol. The van der Waals surface area contributed by atoms with Gasteiger partial charge in [0.05, 0.1) is 5.56 Å². The van der Waals surface area contributed by atoms with Crippen LogP contribution in [0.2, 0.25) is 0 Å². The van der Waals surface area contributed by atoms with Crippen molar-refractivity contribution in [1.82, 2.24) is 9.55 Å². The number of carbonyl (C=O) groups is 1. The molecule has 3 heterocycles. The topological polar surface area (TPSA) is 99.9 Å². The number of nitrogens with zero attached hydrogens (tertiary/aromatic N) is 2. The van der Waals surface area contributed by atoms with Crippen molar-refractivity contribution in [2.24, 2.45) is 0 Å². The molecule has 0 spiro atoms.